The first-order valence-corrected chi connectivity index (χ1v) is 6.87. The largest absolute Gasteiger partial charge is 0.322 e. The number of hydrogen-bond acceptors (Lipinski definition) is 2. The van der Waals surface area contributed by atoms with Gasteiger partial charge in [-0.2, -0.15) is 0 Å². The van der Waals surface area contributed by atoms with Gasteiger partial charge in [-0.05, 0) is 31.2 Å². The Hall–Kier alpha value is -2.62. The molecule has 1 N–H and O–H groups in total. The molecule has 0 spiro atoms. The summed E-state index contributed by atoms with van der Waals surface area (Å²) in [5.41, 5.74) is 1.84. The van der Waals surface area contributed by atoms with Crippen molar-refractivity contribution in [1.29, 1.82) is 0 Å². The highest BCUT2D eigenvalue weighted by Crippen LogP contribution is 2.21. The molecule has 0 radical (unpaired) electrons. The van der Waals surface area contributed by atoms with Gasteiger partial charge in [0.1, 0.15) is 0 Å². The van der Waals surface area contributed by atoms with Crippen molar-refractivity contribution in [2.45, 2.75) is 13.8 Å². The first kappa shape index (κ1) is 14.8. The van der Waals surface area contributed by atoms with E-state index in [1.54, 1.807) is 23.1 Å². The second-order valence-electron chi connectivity index (χ2n) is 4.60. The number of amides is 2. The summed E-state index contributed by atoms with van der Waals surface area (Å²) in [5, 5.41) is 2.84. The Labute approximate surface area is 124 Å². The minimum atomic E-state index is -0.225. The molecule has 2 rings (SSSR count). The van der Waals surface area contributed by atoms with Crippen LogP contribution in [0.25, 0.3) is 0 Å². The highest BCUT2D eigenvalue weighted by atomic mass is 16.2. The van der Waals surface area contributed by atoms with Crippen molar-refractivity contribution in [2.75, 3.05) is 16.8 Å². The fourth-order valence-electron chi connectivity index (χ4n) is 2.18. The highest BCUT2D eigenvalue weighted by molar-refractivity contribution is 6.10. The van der Waals surface area contributed by atoms with Gasteiger partial charge in [0.05, 0.1) is 11.3 Å². The van der Waals surface area contributed by atoms with Gasteiger partial charge in [0.15, 0.2) is 0 Å². The van der Waals surface area contributed by atoms with E-state index in [4.69, 9.17) is 0 Å². The molecule has 0 aliphatic heterocycles. The van der Waals surface area contributed by atoms with Crippen molar-refractivity contribution in [3.63, 3.8) is 0 Å². The van der Waals surface area contributed by atoms with Gasteiger partial charge in [0, 0.05) is 19.2 Å². The van der Waals surface area contributed by atoms with E-state index in [-0.39, 0.29) is 11.8 Å². The maximum Gasteiger partial charge on any atom is 0.257 e. The standard InChI is InChI=1S/C17H18N2O2/c1-3-19(13(2)20)16-12-8-7-11-15(16)17(21)18-14-9-5-4-6-10-14/h4-12H,3H2,1-2H3,(H,18,21). The summed E-state index contributed by atoms with van der Waals surface area (Å²) in [4.78, 5) is 25.7. The van der Waals surface area contributed by atoms with Crippen molar-refractivity contribution in [3.05, 3.63) is 60.2 Å². The van der Waals surface area contributed by atoms with Crippen molar-refractivity contribution >= 4 is 23.2 Å². The average molecular weight is 282 g/mol. The Kier molecular flexibility index (Phi) is 4.72. The van der Waals surface area contributed by atoms with Gasteiger partial charge in [-0.3, -0.25) is 9.59 Å². The molecule has 21 heavy (non-hydrogen) atoms. The van der Waals surface area contributed by atoms with E-state index in [2.05, 4.69) is 5.32 Å². The molecule has 0 unspecified atom stereocenters. The smallest absolute Gasteiger partial charge is 0.257 e. The Morgan fingerprint density at radius 2 is 1.62 bits per heavy atom. The van der Waals surface area contributed by atoms with E-state index in [1.165, 1.54) is 6.92 Å². The van der Waals surface area contributed by atoms with E-state index in [9.17, 15) is 9.59 Å². The van der Waals surface area contributed by atoms with Crippen LogP contribution in [0.1, 0.15) is 24.2 Å². The normalized spacial score (nSPS) is 10.0. The van der Waals surface area contributed by atoms with Crippen LogP contribution in [0.3, 0.4) is 0 Å². The molecule has 4 nitrogen and oxygen atoms in total. The Morgan fingerprint density at radius 1 is 1.00 bits per heavy atom. The van der Waals surface area contributed by atoms with E-state index in [0.717, 1.165) is 5.69 Å². The van der Waals surface area contributed by atoms with Crippen LogP contribution in [-0.4, -0.2) is 18.4 Å². The van der Waals surface area contributed by atoms with Crippen LogP contribution in [0.5, 0.6) is 0 Å². The summed E-state index contributed by atoms with van der Waals surface area (Å²) in [7, 11) is 0. The molecular weight excluding hydrogens is 264 g/mol. The van der Waals surface area contributed by atoms with Crippen LogP contribution >= 0.6 is 0 Å². The third kappa shape index (κ3) is 3.48. The zero-order valence-electron chi connectivity index (χ0n) is 12.2. The molecule has 0 atom stereocenters. The Morgan fingerprint density at radius 3 is 2.24 bits per heavy atom. The predicted octanol–water partition coefficient (Wildman–Crippen LogP) is 3.31. The maximum atomic E-state index is 12.4. The van der Waals surface area contributed by atoms with Gasteiger partial charge >= 0.3 is 0 Å². The molecular formula is C17H18N2O2. The fourth-order valence-corrected chi connectivity index (χ4v) is 2.18. The predicted molar refractivity (Wildman–Crippen MR) is 84.5 cm³/mol. The van der Waals surface area contributed by atoms with Crippen LogP contribution in [0.4, 0.5) is 11.4 Å². The number of carbonyl (C=O) groups is 2. The van der Waals surface area contributed by atoms with E-state index < -0.39 is 0 Å². The number of hydrogen-bond donors (Lipinski definition) is 1. The summed E-state index contributed by atoms with van der Waals surface area (Å²) < 4.78 is 0. The third-order valence-corrected chi connectivity index (χ3v) is 3.17. The molecule has 0 fully saturated rings. The molecule has 2 aromatic rings. The zero-order valence-corrected chi connectivity index (χ0v) is 12.2. The Balaban J connectivity index is 2.31. The number of nitrogens with one attached hydrogen (secondary N) is 1. The van der Waals surface area contributed by atoms with Crippen molar-refractivity contribution in [2.24, 2.45) is 0 Å². The van der Waals surface area contributed by atoms with Crippen LogP contribution in [0.2, 0.25) is 0 Å². The number of para-hydroxylation sites is 2. The number of nitrogens with zero attached hydrogens (tertiary/aromatic N) is 1. The van der Waals surface area contributed by atoms with Gasteiger partial charge in [-0.25, -0.2) is 0 Å². The number of carbonyl (C=O) groups excluding carboxylic acids is 2. The van der Waals surface area contributed by atoms with Gasteiger partial charge in [0.25, 0.3) is 5.91 Å². The number of benzene rings is 2. The summed E-state index contributed by atoms with van der Waals surface area (Å²) in [6.45, 7) is 3.90. The molecule has 0 aliphatic carbocycles. The van der Waals surface area contributed by atoms with E-state index >= 15 is 0 Å². The van der Waals surface area contributed by atoms with E-state index in [0.29, 0.717) is 17.8 Å². The van der Waals surface area contributed by atoms with Gasteiger partial charge < -0.3 is 10.2 Å². The van der Waals surface area contributed by atoms with Gasteiger partial charge in [0.2, 0.25) is 5.91 Å². The summed E-state index contributed by atoms with van der Waals surface area (Å²) >= 11 is 0. The highest BCUT2D eigenvalue weighted by Gasteiger charge is 2.17. The lowest BCUT2D eigenvalue weighted by molar-refractivity contribution is -0.116. The molecule has 0 saturated carbocycles. The maximum absolute atomic E-state index is 12.4. The first-order valence-electron chi connectivity index (χ1n) is 6.87. The lowest BCUT2D eigenvalue weighted by Gasteiger charge is -2.21. The molecule has 2 amide bonds. The quantitative estimate of drug-likeness (QED) is 0.935. The SMILES string of the molecule is CCN(C(C)=O)c1ccccc1C(=O)Nc1ccccc1. The molecule has 2 aromatic carbocycles. The van der Waals surface area contributed by atoms with E-state index in [1.807, 2.05) is 43.3 Å². The average Bonchev–Trinajstić information content (AvgIpc) is 2.49. The summed E-state index contributed by atoms with van der Waals surface area (Å²) in [6, 6.07) is 16.4. The molecule has 0 heterocycles. The van der Waals surface area contributed by atoms with Gasteiger partial charge in [-0.15, -0.1) is 0 Å². The molecule has 0 aromatic heterocycles. The molecule has 0 aliphatic rings. The van der Waals surface area contributed by atoms with Crippen molar-refractivity contribution in [3.8, 4) is 0 Å². The minimum Gasteiger partial charge on any atom is -0.322 e. The van der Waals surface area contributed by atoms with Crippen LogP contribution < -0.4 is 10.2 Å². The number of anilines is 2. The molecule has 108 valence electrons. The second-order valence-corrected chi connectivity index (χ2v) is 4.60. The second kappa shape index (κ2) is 6.70. The lowest BCUT2D eigenvalue weighted by atomic mass is 10.1. The summed E-state index contributed by atoms with van der Waals surface area (Å²) in [5.74, 6) is -0.311. The molecule has 4 heteroatoms. The summed E-state index contributed by atoms with van der Waals surface area (Å²) in [6.07, 6.45) is 0. The fraction of sp³-hybridized carbons (Fsp3) is 0.176. The van der Waals surface area contributed by atoms with Crippen molar-refractivity contribution in [1.82, 2.24) is 0 Å². The van der Waals surface area contributed by atoms with Crippen LogP contribution in [0.15, 0.2) is 54.6 Å². The minimum absolute atomic E-state index is 0.0857. The topological polar surface area (TPSA) is 49.4 Å². The monoisotopic (exact) mass is 282 g/mol. The molecule has 0 saturated heterocycles. The number of rotatable bonds is 4. The van der Waals surface area contributed by atoms with Crippen LogP contribution in [-0.2, 0) is 4.79 Å². The Bertz CT molecular complexity index is 638. The zero-order chi connectivity index (χ0) is 15.2. The molecule has 0 bridgehead atoms. The first-order chi connectivity index (χ1) is 10.1. The van der Waals surface area contributed by atoms with Crippen LogP contribution in [0, 0.1) is 0 Å². The van der Waals surface area contributed by atoms with Crippen molar-refractivity contribution < 1.29 is 9.59 Å². The van der Waals surface area contributed by atoms with Gasteiger partial charge in [-0.1, -0.05) is 30.3 Å². The third-order valence-electron chi connectivity index (χ3n) is 3.17. The lowest BCUT2D eigenvalue weighted by Crippen LogP contribution is -2.30.